The molecule has 2 aromatic carbocycles. The summed E-state index contributed by atoms with van der Waals surface area (Å²) in [5.41, 5.74) is 0.768. The zero-order valence-electron chi connectivity index (χ0n) is 17.9. The summed E-state index contributed by atoms with van der Waals surface area (Å²) in [5, 5.41) is 11.1. The van der Waals surface area contributed by atoms with Crippen molar-refractivity contribution < 1.29 is 28.6 Å². The zero-order valence-corrected chi connectivity index (χ0v) is 17.9. The largest absolute Gasteiger partial charge is 0.507 e. The Morgan fingerprint density at radius 2 is 1.77 bits per heavy atom. The van der Waals surface area contributed by atoms with Gasteiger partial charge in [0.05, 0.1) is 31.4 Å². The van der Waals surface area contributed by atoms with E-state index in [1.54, 1.807) is 18.2 Å². The third kappa shape index (κ3) is 4.40. The summed E-state index contributed by atoms with van der Waals surface area (Å²) in [4.78, 5) is 27.3. The lowest BCUT2D eigenvalue weighted by atomic mass is 9.95. The van der Waals surface area contributed by atoms with Gasteiger partial charge in [0.25, 0.3) is 11.7 Å². The van der Waals surface area contributed by atoms with Crippen LogP contribution in [0.3, 0.4) is 0 Å². The maximum absolute atomic E-state index is 13.5. The number of carbonyl (C=O) groups is 2. The van der Waals surface area contributed by atoms with E-state index in [9.17, 15) is 19.1 Å². The quantitative estimate of drug-likeness (QED) is 0.291. The molecule has 0 radical (unpaired) electrons. The van der Waals surface area contributed by atoms with Gasteiger partial charge in [-0.25, -0.2) is 4.39 Å². The van der Waals surface area contributed by atoms with Crippen molar-refractivity contribution in [2.75, 3.05) is 20.8 Å². The molecular formula is C24H26FNO5. The minimum atomic E-state index is -0.815. The fourth-order valence-electron chi connectivity index (χ4n) is 3.77. The zero-order chi connectivity index (χ0) is 22.5. The first kappa shape index (κ1) is 22.3. The number of benzene rings is 2. The lowest BCUT2D eigenvalue weighted by molar-refractivity contribution is -0.139. The normalized spacial score (nSPS) is 17.8. The first-order valence-corrected chi connectivity index (χ1v) is 10.2. The van der Waals surface area contributed by atoms with Crippen LogP contribution >= 0.6 is 0 Å². The summed E-state index contributed by atoms with van der Waals surface area (Å²) in [7, 11) is 2.94. The van der Waals surface area contributed by atoms with Gasteiger partial charge in [0.2, 0.25) is 0 Å². The van der Waals surface area contributed by atoms with Crippen LogP contribution in [0, 0.1) is 5.82 Å². The van der Waals surface area contributed by atoms with E-state index in [4.69, 9.17) is 9.47 Å². The Balaban J connectivity index is 2.16. The lowest BCUT2D eigenvalue weighted by Crippen LogP contribution is -2.30. The Hall–Kier alpha value is -3.35. The number of hydrogen-bond acceptors (Lipinski definition) is 5. The maximum atomic E-state index is 13.5. The smallest absolute Gasteiger partial charge is 0.295 e. The fourth-order valence-corrected chi connectivity index (χ4v) is 3.77. The first-order valence-electron chi connectivity index (χ1n) is 10.2. The van der Waals surface area contributed by atoms with Crippen LogP contribution < -0.4 is 9.47 Å². The van der Waals surface area contributed by atoms with Crippen molar-refractivity contribution in [3.8, 4) is 11.5 Å². The van der Waals surface area contributed by atoms with Crippen molar-refractivity contribution in [1.82, 2.24) is 4.90 Å². The first-order chi connectivity index (χ1) is 14.9. The van der Waals surface area contributed by atoms with Gasteiger partial charge in [-0.15, -0.1) is 0 Å². The summed E-state index contributed by atoms with van der Waals surface area (Å²) in [6.45, 7) is 2.40. The standard InChI is InChI=1S/C24H26FNO5/c1-4-5-6-13-26-21(15-7-9-16(25)10-8-15)20(23(28)24(26)29)22(27)18-12-11-17(30-2)14-19(18)31-3/h7-12,14,21,27H,4-6,13H2,1-3H3/b22-20-. The molecule has 31 heavy (non-hydrogen) atoms. The number of ether oxygens (including phenoxy) is 2. The second-order valence-electron chi connectivity index (χ2n) is 7.32. The third-order valence-corrected chi connectivity index (χ3v) is 5.39. The summed E-state index contributed by atoms with van der Waals surface area (Å²) >= 11 is 0. The van der Waals surface area contributed by atoms with Crippen LogP contribution in [0.2, 0.25) is 0 Å². The van der Waals surface area contributed by atoms with E-state index in [-0.39, 0.29) is 16.9 Å². The second-order valence-corrected chi connectivity index (χ2v) is 7.32. The minimum Gasteiger partial charge on any atom is -0.507 e. The molecule has 1 atom stereocenters. The average Bonchev–Trinajstić information content (AvgIpc) is 3.03. The molecule has 0 saturated carbocycles. The molecule has 0 bridgehead atoms. The number of carbonyl (C=O) groups excluding carboxylic acids is 2. The van der Waals surface area contributed by atoms with Gasteiger partial charge in [-0.2, -0.15) is 0 Å². The molecule has 7 heteroatoms. The molecule has 164 valence electrons. The topological polar surface area (TPSA) is 76.1 Å². The molecule has 1 fully saturated rings. The van der Waals surface area contributed by atoms with Crippen molar-refractivity contribution in [1.29, 1.82) is 0 Å². The Morgan fingerprint density at radius 3 is 2.39 bits per heavy atom. The molecule has 1 unspecified atom stereocenters. The number of amides is 1. The molecule has 1 aliphatic heterocycles. The average molecular weight is 427 g/mol. The third-order valence-electron chi connectivity index (χ3n) is 5.39. The van der Waals surface area contributed by atoms with Crippen molar-refractivity contribution >= 4 is 17.4 Å². The molecule has 2 aromatic rings. The Morgan fingerprint density at radius 1 is 1.06 bits per heavy atom. The van der Waals surface area contributed by atoms with E-state index in [0.717, 1.165) is 12.8 Å². The summed E-state index contributed by atoms with van der Waals surface area (Å²) in [6.07, 6.45) is 2.56. The molecule has 1 amide bonds. The van der Waals surface area contributed by atoms with Gasteiger partial charge in [0.1, 0.15) is 23.1 Å². The number of rotatable bonds is 8. The minimum absolute atomic E-state index is 0.0448. The molecule has 0 aromatic heterocycles. The van der Waals surface area contributed by atoms with Gasteiger partial charge in [-0.1, -0.05) is 31.9 Å². The highest BCUT2D eigenvalue weighted by Crippen LogP contribution is 2.41. The van der Waals surface area contributed by atoms with Crippen LogP contribution in [0.4, 0.5) is 4.39 Å². The molecular weight excluding hydrogens is 401 g/mol. The summed E-state index contributed by atoms with van der Waals surface area (Å²) in [5.74, 6) is -1.41. The summed E-state index contributed by atoms with van der Waals surface area (Å²) < 4.78 is 24.1. The Kier molecular flexibility index (Phi) is 6.95. The van der Waals surface area contributed by atoms with Crippen molar-refractivity contribution in [2.45, 2.75) is 32.2 Å². The number of hydrogen-bond donors (Lipinski definition) is 1. The molecule has 1 aliphatic rings. The highest BCUT2D eigenvalue weighted by molar-refractivity contribution is 6.46. The maximum Gasteiger partial charge on any atom is 0.295 e. The predicted molar refractivity (Wildman–Crippen MR) is 114 cm³/mol. The predicted octanol–water partition coefficient (Wildman–Crippen LogP) is 4.45. The molecule has 0 spiro atoms. The summed E-state index contributed by atoms with van der Waals surface area (Å²) in [6, 6.07) is 9.56. The number of methoxy groups -OCH3 is 2. The SMILES string of the molecule is CCCCCN1C(=O)C(=O)/C(=C(\O)c2ccc(OC)cc2OC)C1c1ccc(F)cc1. The number of halogens is 1. The Bertz CT molecular complexity index is 1000. The number of likely N-dealkylation sites (tertiary alicyclic amines) is 1. The van der Waals surface area contributed by atoms with Crippen LogP contribution in [-0.2, 0) is 9.59 Å². The van der Waals surface area contributed by atoms with Gasteiger partial charge < -0.3 is 19.5 Å². The molecule has 0 aliphatic carbocycles. The highest BCUT2D eigenvalue weighted by Gasteiger charge is 2.46. The monoisotopic (exact) mass is 427 g/mol. The van der Waals surface area contributed by atoms with E-state index >= 15 is 0 Å². The number of unbranched alkanes of at least 4 members (excludes halogenated alkanes) is 2. The molecule has 1 saturated heterocycles. The molecule has 6 nitrogen and oxygen atoms in total. The van der Waals surface area contributed by atoms with Gasteiger partial charge in [0.15, 0.2) is 0 Å². The van der Waals surface area contributed by atoms with E-state index in [1.807, 2.05) is 6.92 Å². The lowest BCUT2D eigenvalue weighted by Gasteiger charge is -2.25. The molecule has 1 heterocycles. The number of Topliss-reactive ketones (excluding diaryl/α,β-unsaturated/α-hetero) is 1. The molecule has 3 rings (SSSR count). The second kappa shape index (κ2) is 9.64. The number of nitrogens with zero attached hydrogens (tertiary/aromatic N) is 1. The fraction of sp³-hybridized carbons (Fsp3) is 0.333. The van der Waals surface area contributed by atoms with E-state index in [2.05, 4.69) is 0 Å². The number of ketones is 1. The van der Waals surface area contributed by atoms with Gasteiger partial charge in [0, 0.05) is 12.6 Å². The van der Waals surface area contributed by atoms with Gasteiger partial charge >= 0.3 is 0 Å². The molecule has 1 N–H and O–H groups in total. The van der Waals surface area contributed by atoms with Crippen LogP contribution in [0.1, 0.15) is 43.4 Å². The number of aliphatic hydroxyl groups is 1. The van der Waals surface area contributed by atoms with Crippen molar-refractivity contribution in [3.63, 3.8) is 0 Å². The van der Waals surface area contributed by atoms with Gasteiger partial charge in [-0.05, 0) is 36.2 Å². The van der Waals surface area contributed by atoms with Crippen molar-refractivity contribution in [3.05, 3.63) is 65.0 Å². The van der Waals surface area contributed by atoms with E-state index < -0.39 is 23.5 Å². The van der Waals surface area contributed by atoms with Crippen LogP contribution in [0.15, 0.2) is 48.0 Å². The Labute approximate surface area is 180 Å². The highest BCUT2D eigenvalue weighted by atomic mass is 19.1. The van der Waals surface area contributed by atoms with E-state index in [0.29, 0.717) is 30.0 Å². The van der Waals surface area contributed by atoms with Crippen LogP contribution in [-0.4, -0.2) is 42.5 Å². The van der Waals surface area contributed by atoms with Crippen LogP contribution in [0.25, 0.3) is 5.76 Å². The van der Waals surface area contributed by atoms with Crippen molar-refractivity contribution in [2.24, 2.45) is 0 Å². The van der Waals surface area contributed by atoms with Crippen LogP contribution in [0.5, 0.6) is 11.5 Å². The van der Waals surface area contributed by atoms with Gasteiger partial charge in [-0.3, -0.25) is 9.59 Å². The number of aliphatic hydroxyl groups excluding tert-OH is 1. The van der Waals surface area contributed by atoms with E-state index in [1.165, 1.54) is 43.4 Å².